The highest BCUT2D eigenvalue weighted by atomic mass is 16.2. The van der Waals surface area contributed by atoms with Gasteiger partial charge in [-0.15, -0.1) is 0 Å². The zero-order chi connectivity index (χ0) is 21.8. The van der Waals surface area contributed by atoms with Gasteiger partial charge in [0.25, 0.3) is 5.56 Å². The maximum atomic E-state index is 12.6. The number of aromatic nitrogens is 4. The Morgan fingerprint density at radius 3 is 2.48 bits per heavy atom. The van der Waals surface area contributed by atoms with Crippen LogP contribution in [0.5, 0.6) is 0 Å². The van der Waals surface area contributed by atoms with Crippen LogP contribution in [0.1, 0.15) is 11.4 Å². The Labute approximate surface area is 180 Å². The van der Waals surface area contributed by atoms with E-state index in [2.05, 4.69) is 32.2 Å². The zero-order valence-corrected chi connectivity index (χ0v) is 17.7. The molecule has 2 aromatic heterocycles. The summed E-state index contributed by atoms with van der Waals surface area (Å²) in [6, 6.07) is 13.0. The van der Waals surface area contributed by atoms with Gasteiger partial charge in [-0.05, 0) is 32.0 Å². The van der Waals surface area contributed by atoms with E-state index < -0.39 is 0 Å². The molecular formula is C22H25N7O2. The lowest BCUT2D eigenvalue weighted by atomic mass is 10.2. The number of nitrogens with zero attached hydrogens (tertiary/aromatic N) is 6. The van der Waals surface area contributed by atoms with Gasteiger partial charge >= 0.3 is 0 Å². The van der Waals surface area contributed by atoms with E-state index in [-0.39, 0.29) is 18.0 Å². The minimum atomic E-state index is -0.278. The van der Waals surface area contributed by atoms with Gasteiger partial charge in [0.15, 0.2) is 0 Å². The van der Waals surface area contributed by atoms with Crippen LogP contribution in [-0.4, -0.2) is 56.7 Å². The monoisotopic (exact) mass is 419 g/mol. The third kappa shape index (κ3) is 5.06. The van der Waals surface area contributed by atoms with Crippen LogP contribution in [-0.2, 0) is 11.3 Å². The first-order valence-electron chi connectivity index (χ1n) is 10.2. The molecule has 9 nitrogen and oxygen atoms in total. The SMILES string of the molecule is Cc1ccc(Nc2cc(N3CCN(C(=O)Cn4ncccc4=O)CC3)nc(C)n2)cc1. The summed E-state index contributed by atoms with van der Waals surface area (Å²) in [4.78, 5) is 37.3. The highest BCUT2D eigenvalue weighted by molar-refractivity contribution is 5.76. The second kappa shape index (κ2) is 8.95. The van der Waals surface area contributed by atoms with E-state index >= 15 is 0 Å². The molecule has 1 aliphatic rings. The lowest BCUT2D eigenvalue weighted by molar-refractivity contribution is -0.132. The summed E-state index contributed by atoms with van der Waals surface area (Å²) in [5.41, 5.74) is 1.89. The number of anilines is 3. The Balaban J connectivity index is 1.39. The molecule has 0 radical (unpaired) electrons. The van der Waals surface area contributed by atoms with Crippen LogP contribution < -0.4 is 15.8 Å². The second-order valence-electron chi connectivity index (χ2n) is 7.54. The molecule has 0 spiro atoms. The number of carbonyl (C=O) groups excluding carboxylic acids is 1. The minimum Gasteiger partial charge on any atom is -0.353 e. The summed E-state index contributed by atoms with van der Waals surface area (Å²) in [6.45, 7) is 6.31. The topological polar surface area (TPSA) is 96.2 Å². The highest BCUT2D eigenvalue weighted by Crippen LogP contribution is 2.21. The van der Waals surface area contributed by atoms with Crippen LogP contribution in [0.25, 0.3) is 0 Å². The number of carbonyl (C=O) groups is 1. The van der Waals surface area contributed by atoms with Crippen LogP contribution in [0.3, 0.4) is 0 Å². The molecule has 0 saturated carbocycles. The molecule has 3 heterocycles. The fourth-order valence-electron chi connectivity index (χ4n) is 3.48. The summed E-state index contributed by atoms with van der Waals surface area (Å²) in [6.07, 6.45) is 1.51. The number of amides is 1. The first-order valence-corrected chi connectivity index (χ1v) is 10.2. The van der Waals surface area contributed by atoms with E-state index in [4.69, 9.17) is 0 Å². The van der Waals surface area contributed by atoms with E-state index in [1.54, 1.807) is 11.0 Å². The van der Waals surface area contributed by atoms with Crippen molar-refractivity contribution in [2.45, 2.75) is 20.4 Å². The number of piperazine rings is 1. The average Bonchev–Trinajstić information content (AvgIpc) is 2.77. The van der Waals surface area contributed by atoms with Crippen LogP contribution in [0, 0.1) is 13.8 Å². The quantitative estimate of drug-likeness (QED) is 0.673. The van der Waals surface area contributed by atoms with Crippen molar-refractivity contribution in [3.05, 3.63) is 70.4 Å². The largest absolute Gasteiger partial charge is 0.353 e. The molecule has 1 fully saturated rings. The van der Waals surface area contributed by atoms with Crippen molar-refractivity contribution in [2.24, 2.45) is 0 Å². The summed E-state index contributed by atoms with van der Waals surface area (Å²) in [7, 11) is 0. The molecule has 160 valence electrons. The van der Waals surface area contributed by atoms with Crippen LogP contribution in [0.4, 0.5) is 17.3 Å². The average molecular weight is 419 g/mol. The molecule has 0 bridgehead atoms. The third-order valence-electron chi connectivity index (χ3n) is 5.18. The number of rotatable bonds is 5. The maximum Gasteiger partial charge on any atom is 0.267 e. The van der Waals surface area contributed by atoms with E-state index in [9.17, 15) is 9.59 Å². The van der Waals surface area contributed by atoms with Gasteiger partial charge in [-0.2, -0.15) is 5.10 Å². The van der Waals surface area contributed by atoms with Crippen LogP contribution in [0.15, 0.2) is 53.5 Å². The molecule has 3 aromatic rings. The van der Waals surface area contributed by atoms with Crippen molar-refractivity contribution in [2.75, 3.05) is 36.4 Å². The van der Waals surface area contributed by atoms with Gasteiger partial charge in [0.2, 0.25) is 5.91 Å². The first kappa shape index (κ1) is 20.5. The lowest BCUT2D eigenvalue weighted by Gasteiger charge is -2.35. The number of hydrogen-bond donors (Lipinski definition) is 1. The molecule has 1 aromatic carbocycles. The first-order chi connectivity index (χ1) is 15.0. The van der Waals surface area contributed by atoms with Gasteiger partial charge < -0.3 is 15.1 Å². The summed E-state index contributed by atoms with van der Waals surface area (Å²) in [5.74, 6) is 2.13. The predicted octanol–water partition coefficient (Wildman–Crippen LogP) is 1.74. The zero-order valence-electron chi connectivity index (χ0n) is 17.7. The number of aryl methyl sites for hydroxylation is 2. The van der Waals surface area contributed by atoms with E-state index in [0.29, 0.717) is 32.0 Å². The molecule has 9 heteroatoms. The normalized spacial score (nSPS) is 13.9. The van der Waals surface area contributed by atoms with Crippen molar-refractivity contribution in [3.8, 4) is 0 Å². The summed E-state index contributed by atoms with van der Waals surface area (Å²) >= 11 is 0. The van der Waals surface area contributed by atoms with Gasteiger partial charge in [0.05, 0.1) is 0 Å². The molecule has 1 amide bonds. The Kier molecular flexibility index (Phi) is 5.92. The van der Waals surface area contributed by atoms with Crippen molar-refractivity contribution >= 4 is 23.2 Å². The molecular weight excluding hydrogens is 394 g/mol. The van der Waals surface area contributed by atoms with E-state index in [1.165, 1.54) is 22.5 Å². The second-order valence-corrected chi connectivity index (χ2v) is 7.54. The minimum absolute atomic E-state index is 0.0447. The van der Waals surface area contributed by atoms with Crippen molar-refractivity contribution in [3.63, 3.8) is 0 Å². The molecule has 0 aliphatic carbocycles. The molecule has 31 heavy (non-hydrogen) atoms. The molecule has 1 N–H and O–H groups in total. The molecule has 1 saturated heterocycles. The number of nitrogens with one attached hydrogen (secondary N) is 1. The summed E-state index contributed by atoms with van der Waals surface area (Å²) < 4.78 is 1.19. The fourth-order valence-corrected chi connectivity index (χ4v) is 3.48. The molecule has 0 atom stereocenters. The predicted molar refractivity (Wildman–Crippen MR) is 119 cm³/mol. The lowest BCUT2D eigenvalue weighted by Crippen LogP contribution is -2.50. The molecule has 0 unspecified atom stereocenters. The molecule has 1 aliphatic heterocycles. The number of hydrogen-bond acceptors (Lipinski definition) is 7. The van der Waals surface area contributed by atoms with E-state index in [1.807, 2.05) is 37.3 Å². The van der Waals surface area contributed by atoms with Crippen molar-refractivity contribution in [1.82, 2.24) is 24.6 Å². The smallest absolute Gasteiger partial charge is 0.267 e. The van der Waals surface area contributed by atoms with Crippen LogP contribution in [0.2, 0.25) is 0 Å². The Bertz CT molecular complexity index is 1120. The number of benzene rings is 1. The van der Waals surface area contributed by atoms with Gasteiger partial charge in [-0.25, -0.2) is 14.6 Å². The van der Waals surface area contributed by atoms with Gasteiger partial charge in [-0.1, -0.05) is 17.7 Å². The Morgan fingerprint density at radius 1 is 1.03 bits per heavy atom. The third-order valence-corrected chi connectivity index (χ3v) is 5.18. The molecule has 4 rings (SSSR count). The Morgan fingerprint density at radius 2 is 1.77 bits per heavy atom. The highest BCUT2D eigenvalue weighted by Gasteiger charge is 2.23. The standard InChI is InChI=1S/C22H25N7O2/c1-16-5-7-18(8-6-16)26-19-14-20(25-17(2)24-19)27-10-12-28(13-11-27)22(31)15-29-21(30)4-3-9-23-29/h3-9,14H,10-13,15H2,1-2H3,(H,24,25,26). The van der Waals surface area contributed by atoms with Crippen molar-refractivity contribution < 1.29 is 4.79 Å². The fraction of sp³-hybridized carbons (Fsp3) is 0.318. The Hall–Kier alpha value is -3.75. The van der Waals surface area contributed by atoms with Gasteiger partial charge in [0.1, 0.15) is 24.0 Å². The van der Waals surface area contributed by atoms with Crippen molar-refractivity contribution in [1.29, 1.82) is 0 Å². The van der Waals surface area contributed by atoms with Crippen LogP contribution >= 0.6 is 0 Å². The van der Waals surface area contributed by atoms with Gasteiger partial charge in [0, 0.05) is 50.2 Å². The van der Waals surface area contributed by atoms with Gasteiger partial charge in [-0.3, -0.25) is 9.59 Å². The summed E-state index contributed by atoms with van der Waals surface area (Å²) in [5, 5.41) is 7.29. The van der Waals surface area contributed by atoms with E-state index in [0.717, 1.165) is 17.3 Å². The maximum absolute atomic E-state index is 12.6.